The van der Waals surface area contributed by atoms with Crippen molar-refractivity contribution in [2.45, 2.75) is 77.5 Å². The van der Waals surface area contributed by atoms with Gasteiger partial charge >= 0.3 is 17.9 Å². The van der Waals surface area contributed by atoms with Crippen molar-refractivity contribution in [2.75, 3.05) is 13.7 Å². The van der Waals surface area contributed by atoms with Crippen LogP contribution in [-0.4, -0.2) is 82.7 Å². The molecule has 5 aliphatic rings. The van der Waals surface area contributed by atoms with E-state index < -0.39 is 82.3 Å². The van der Waals surface area contributed by atoms with Crippen LogP contribution in [0.1, 0.15) is 47.5 Å². The molecule has 2 aliphatic heterocycles. The Morgan fingerprint density at radius 3 is 2.46 bits per heavy atom. The van der Waals surface area contributed by atoms with Crippen LogP contribution < -0.4 is 0 Å². The molecule has 1 unspecified atom stereocenters. The summed E-state index contributed by atoms with van der Waals surface area (Å²) in [6.07, 6.45) is -4.75. The molecule has 1 spiro atoms. The number of aliphatic hydroxyl groups excluding tert-OH is 3. The molecule has 2 bridgehead atoms. The summed E-state index contributed by atoms with van der Waals surface area (Å²) in [6, 6.07) is 0. The van der Waals surface area contributed by atoms with Crippen molar-refractivity contribution in [3.05, 3.63) is 23.0 Å². The summed E-state index contributed by atoms with van der Waals surface area (Å²) < 4.78 is 22.7. The average molecular weight is 549 g/mol. The smallest absolute Gasteiger partial charge is 0.348 e. The minimum absolute atomic E-state index is 0.0302. The lowest BCUT2D eigenvalue weighted by Gasteiger charge is -2.67. The summed E-state index contributed by atoms with van der Waals surface area (Å²) in [5, 5.41) is 33.7. The molecule has 0 aromatic carbocycles. The first-order valence-electron chi connectivity index (χ1n) is 13.3. The molecule has 3 aliphatic carbocycles. The summed E-state index contributed by atoms with van der Waals surface area (Å²) >= 11 is 0. The molecule has 11 heteroatoms. The lowest BCUT2D eigenvalue weighted by molar-refractivity contribution is -0.290. The number of rotatable bonds is 4. The maximum atomic E-state index is 13.5. The third-order valence-corrected chi connectivity index (χ3v) is 10.3. The normalized spacial score (nSPS) is 44.9. The number of hydrogen-bond acceptors (Lipinski definition) is 11. The molecule has 39 heavy (non-hydrogen) atoms. The van der Waals surface area contributed by atoms with Crippen LogP contribution >= 0.6 is 0 Å². The Morgan fingerprint density at radius 1 is 1.18 bits per heavy atom. The topological polar surface area (TPSA) is 166 Å². The van der Waals surface area contributed by atoms with Crippen LogP contribution in [0.3, 0.4) is 0 Å². The Morgan fingerprint density at radius 2 is 1.85 bits per heavy atom. The minimum atomic E-state index is -2.22. The predicted octanol–water partition coefficient (Wildman–Crippen LogP) is 1.15. The van der Waals surface area contributed by atoms with E-state index in [1.807, 2.05) is 13.8 Å². The fourth-order valence-electron chi connectivity index (χ4n) is 8.37. The lowest BCUT2D eigenvalue weighted by Crippen LogP contribution is -2.79. The first-order chi connectivity index (χ1) is 18.2. The summed E-state index contributed by atoms with van der Waals surface area (Å²) in [5.74, 6) is -6.26. The second kappa shape index (κ2) is 8.87. The number of esters is 3. The SMILES string of the molecule is COC(=O)[C@]12OC[C@]34C([C@@H](O)[C@@H]1O)[C@@]1(C)CC(=O)C(O)=C(C)[C@@H]1C[C@H]3OC(=O)[C@H](OC(=O)/C=C(\C)C(C)C)[C@@H]24. The monoisotopic (exact) mass is 548 g/mol. The van der Waals surface area contributed by atoms with Gasteiger partial charge in [0, 0.05) is 23.8 Å². The Labute approximate surface area is 226 Å². The quantitative estimate of drug-likeness (QED) is 0.262. The van der Waals surface area contributed by atoms with Crippen molar-refractivity contribution in [2.24, 2.45) is 34.5 Å². The third kappa shape index (κ3) is 3.39. The van der Waals surface area contributed by atoms with Crippen LogP contribution in [0.2, 0.25) is 0 Å². The number of aliphatic hydroxyl groups is 3. The highest BCUT2D eigenvalue weighted by molar-refractivity contribution is 5.95. The van der Waals surface area contributed by atoms with Crippen molar-refractivity contribution >= 4 is 23.7 Å². The Hall–Kier alpha value is -2.76. The molecular weight excluding hydrogens is 512 g/mol. The van der Waals surface area contributed by atoms with Crippen molar-refractivity contribution in [3.63, 3.8) is 0 Å². The van der Waals surface area contributed by atoms with Crippen molar-refractivity contribution < 1.29 is 53.4 Å². The van der Waals surface area contributed by atoms with E-state index in [1.54, 1.807) is 20.8 Å². The predicted molar refractivity (Wildman–Crippen MR) is 132 cm³/mol. The molecule has 0 radical (unpaired) electrons. The average Bonchev–Trinajstić information content (AvgIpc) is 3.18. The van der Waals surface area contributed by atoms with Crippen molar-refractivity contribution in [1.29, 1.82) is 0 Å². The van der Waals surface area contributed by atoms with Crippen LogP contribution in [0, 0.1) is 34.5 Å². The van der Waals surface area contributed by atoms with Gasteiger partial charge in [-0.05, 0) is 43.1 Å². The van der Waals surface area contributed by atoms with E-state index in [2.05, 4.69) is 0 Å². The van der Waals surface area contributed by atoms with Crippen LogP contribution in [-0.2, 0) is 38.1 Å². The second-order valence-electron chi connectivity index (χ2n) is 12.3. The highest BCUT2D eigenvalue weighted by Crippen LogP contribution is 2.72. The van der Waals surface area contributed by atoms with Gasteiger partial charge in [-0.2, -0.15) is 0 Å². The van der Waals surface area contributed by atoms with Gasteiger partial charge < -0.3 is 34.3 Å². The maximum Gasteiger partial charge on any atom is 0.348 e. The minimum Gasteiger partial charge on any atom is -0.504 e. The third-order valence-electron chi connectivity index (χ3n) is 10.3. The molecular formula is C28H36O11. The largest absolute Gasteiger partial charge is 0.504 e. The zero-order valence-corrected chi connectivity index (χ0v) is 22.9. The molecule has 0 aromatic heterocycles. The first kappa shape index (κ1) is 27.8. The van der Waals surface area contributed by atoms with E-state index >= 15 is 0 Å². The van der Waals surface area contributed by atoms with Gasteiger partial charge in [-0.25, -0.2) is 14.4 Å². The highest BCUT2D eigenvalue weighted by atomic mass is 16.6. The van der Waals surface area contributed by atoms with Crippen LogP contribution in [0.5, 0.6) is 0 Å². The number of methoxy groups -OCH3 is 1. The van der Waals surface area contributed by atoms with Gasteiger partial charge in [-0.1, -0.05) is 26.3 Å². The summed E-state index contributed by atoms with van der Waals surface area (Å²) in [7, 11) is 1.10. The molecule has 4 fully saturated rings. The number of carbonyl (C=O) groups is 4. The van der Waals surface area contributed by atoms with Crippen LogP contribution in [0.4, 0.5) is 0 Å². The summed E-state index contributed by atoms with van der Waals surface area (Å²) in [6.45, 7) is 8.72. The summed E-state index contributed by atoms with van der Waals surface area (Å²) in [5.41, 5.74) is -3.43. The van der Waals surface area contributed by atoms with E-state index in [1.165, 1.54) is 6.08 Å². The van der Waals surface area contributed by atoms with Gasteiger partial charge in [-0.15, -0.1) is 0 Å². The zero-order valence-electron chi connectivity index (χ0n) is 22.9. The molecule has 214 valence electrons. The highest BCUT2D eigenvalue weighted by Gasteiger charge is 2.85. The van der Waals surface area contributed by atoms with Gasteiger partial charge in [0.15, 0.2) is 11.5 Å². The molecule has 3 N–H and O–H groups in total. The Kier molecular flexibility index (Phi) is 6.32. The number of ketones is 1. The fourth-order valence-corrected chi connectivity index (χ4v) is 8.37. The first-order valence-corrected chi connectivity index (χ1v) is 13.3. The maximum absolute atomic E-state index is 13.5. The summed E-state index contributed by atoms with van der Waals surface area (Å²) in [4.78, 5) is 52.8. The number of allylic oxidation sites excluding steroid dienone is 3. The molecule has 0 aromatic rings. The molecule has 2 heterocycles. The molecule has 0 amide bonds. The van der Waals surface area contributed by atoms with E-state index in [0.29, 0.717) is 11.1 Å². The fraction of sp³-hybridized carbons (Fsp3) is 0.714. The van der Waals surface area contributed by atoms with E-state index in [0.717, 1.165) is 7.11 Å². The van der Waals surface area contributed by atoms with E-state index in [-0.39, 0.29) is 31.1 Å². The number of hydrogen-bond donors (Lipinski definition) is 3. The van der Waals surface area contributed by atoms with Gasteiger partial charge in [0.25, 0.3) is 0 Å². The van der Waals surface area contributed by atoms with Gasteiger partial charge in [0.2, 0.25) is 11.7 Å². The molecule has 2 saturated heterocycles. The van der Waals surface area contributed by atoms with Crippen LogP contribution in [0.15, 0.2) is 23.0 Å². The number of carbonyl (C=O) groups excluding carboxylic acids is 4. The zero-order chi connectivity index (χ0) is 28.8. The van der Waals surface area contributed by atoms with E-state index in [9.17, 15) is 34.5 Å². The number of fused-ring (bicyclic) bond motifs is 2. The van der Waals surface area contributed by atoms with E-state index in [4.69, 9.17) is 18.9 Å². The van der Waals surface area contributed by atoms with Crippen molar-refractivity contribution in [1.82, 2.24) is 0 Å². The molecule has 5 rings (SSSR count). The van der Waals surface area contributed by atoms with Crippen molar-refractivity contribution in [3.8, 4) is 0 Å². The van der Waals surface area contributed by atoms with Gasteiger partial charge in [0.05, 0.1) is 25.7 Å². The van der Waals surface area contributed by atoms with Gasteiger partial charge in [-0.3, -0.25) is 4.79 Å². The Bertz CT molecular complexity index is 1200. The number of Topliss-reactive ketones (excluding diaryl/α,β-unsaturated/α-hetero) is 1. The lowest BCUT2D eigenvalue weighted by atomic mass is 9.38. The standard InChI is InChI=1S/C28H36O11/c1-11(2)12(3)7-17(30)39-20-22-27-10-37-28(22,25(35)36-6)23(33)19(32)21(27)26(5)9-15(29)18(31)13(4)14(26)8-16(27)38-24(20)34/h7,11,14,16,19-23,31-33H,8-10H2,1-6H3/b12-7+/t14-,16+,19+,20+,21?,22+,23-,26-,27+,28+/m0/s1. The second-order valence-corrected chi connectivity index (χ2v) is 12.3. The molecule has 2 saturated carbocycles. The number of ether oxygens (including phenoxy) is 4. The molecule has 11 nitrogen and oxygen atoms in total. The van der Waals surface area contributed by atoms with Crippen LogP contribution in [0.25, 0.3) is 0 Å². The molecule has 10 atom stereocenters. The Balaban J connectivity index is 1.71. The van der Waals surface area contributed by atoms with Gasteiger partial charge in [0.1, 0.15) is 12.2 Å².